The first-order valence-corrected chi connectivity index (χ1v) is 8.56. The van der Waals surface area contributed by atoms with Crippen molar-refractivity contribution in [2.75, 3.05) is 0 Å². The molecule has 1 aliphatic rings. The van der Waals surface area contributed by atoms with Crippen LogP contribution in [0.15, 0.2) is 42.9 Å². The number of carbonyl (C=O) groups is 2. The number of hydrogen-bond donors (Lipinski definition) is 1. The third-order valence-corrected chi connectivity index (χ3v) is 4.74. The van der Waals surface area contributed by atoms with Crippen molar-refractivity contribution in [1.29, 1.82) is 0 Å². The van der Waals surface area contributed by atoms with Crippen molar-refractivity contribution in [2.24, 2.45) is 0 Å². The van der Waals surface area contributed by atoms with Crippen LogP contribution in [0.5, 0.6) is 0 Å². The zero-order chi connectivity index (χ0) is 17.6. The number of rotatable bonds is 3. The molecule has 0 unspecified atom stereocenters. The Morgan fingerprint density at radius 2 is 1.88 bits per heavy atom. The number of nitrogens with zero attached hydrogens (tertiary/aromatic N) is 2. The summed E-state index contributed by atoms with van der Waals surface area (Å²) in [5, 5.41) is 4.00. The third kappa shape index (κ3) is 3.01. The largest absolute Gasteiger partial charge is 0.349 e. The zero-order valence-corrected chi connectivity index (χ0v) is 14.5. The van der Waals surface area contributed by atoms with Gasteiger partial charge in [-0.05, 0) is 37.1 Å². The molecule has 126 valence electrons. The highest BCUT2D eigenvalue weighted by molar-refractivity contribution is 6.40. The summed E-state index contributed by atoms with van der Waals surface area (Å²) in [5.41, 5.74) is 1.23. The van der Waals surface area contributed by atoms with E-state index in [2.05, 4.69) is 10.3 Å². The lowest BCUT2D eigenvalue weighted by atomic mass is 10.1. The maximum atomic E-state index is 12.9. The second-order valence-corrected chi connectivity index (χ2v) is 6.80. The topological polar surface area (TPSA) is 64.0 Å². The molecule has 0 spiro atoms. The number of pyridine rings is 1. The quantitative estimate of drug-likeness (QED) is 0.756. The fourth-order valence-corrected chi connectivity index (χ4v) is 3.33. The van der Waals surface area contributed by atoms with Gasteiger partial charge >= 0.3 is 0 Å². The molecule has 1 amide bonds. The van der Waals surface area contributed by atoms with Crippen molar-refractivity contribution in [2.45, 2.75) is 18.9 Å². The first kappa shape index (κ1) is 16.1. The van der Waals surface area contributed by atoms with Crippen LogP contribution in [0.2, 0.25) is 10.0 Å². The van der Waals surface area contributed by atoms with Gasteiger partial charge in [0.15, 0.2) is 0 Å². The second-order valence-electron chi connectivity index (χ2n) is 5.99. The predicted octanol–water partition coefficient (Wildman–Crippen LogP) is 3.92. The Morgan fingerprint density at radius 3 is 2.56 bits per heavy atom. The lowest BCUT2D eigenvalue weighted by Crippen LogP contribution is -2.25. The fourth-order valence-electron chi connectivity index (χ4n) is 2.68. The molecule has 0 radical (unpaired) electrons. The van der Waals surface area contributed by atoms with E-state index < -0.39 is 0 Å². The predicted molar refractivity (Wildman–Crippen MR) is 96.4 cm³/mol. The molecule has 0 aliphatic heterocycles. The normalized spacial score (nSPS) is 13.8. The zero-order valence-electron chi connectivity index (χ0n) is 13.0. The monoisotopic (exact) mass is 373 g/mol. The molecule has 1 N–H and O–H groups in total. The summed E-state index contributed by atoms with van der Waals surface area (Å²) < 4.78 is 1.47. The summed E-state index contributed by atoms with van der Waals surface area (Å²) in [7, 11) is 0. The molecule has 1 aromatic carbocycles. The number of aromatic nitrogens is 2. The summed E-state index contributed by atoms with van der Waals surface area (Å²) in [4.78, 5) is 29.1. The SMILES string of the molecule is O=C(NC1CC1)c1cc(Cl)c(C(=O)n2ccc3cnccc32)c(Cl)c1. The molecule has 25 heavy (non-hydrogen) atoms. The molecule has 1 saturated carbocycles. The molecule has 0 bridgehead atoms. The molecular formula is C18H13Cl2N3O2. The molecule has 2 aromatic heterocycles. The first-order valence-electron chi connectivity index (χ1n) is 7.80. The van der Waals surface area contributed by atoms with Gasteiger partial charge in [-0.3, -0.25) is 19.1 Å². The van der Waals surface area contributed by atoms with Crippen LogP contribution in [-0.4, -0.2) is 27.4 Å². The molecule has 0 atom stereocenters. The van der Waals surface area contributed by atoms with Crippen molar-refractivity contribution in [3.8, 4) is 0 Å². The van der Waals surface area contributed by atoms with Crippen LogP contribution >= 0.6 is 23.2 Å². The van der Waals surface area contributed by atoms with Gasteiger partial charge in [0.1, 0.15) is 0 Å². The van der Waals surface area contributed by atoms with E-state index >= 15 is 0 Å². The van der Waals surface area contributed by atoms with Gasteiger partial charge in [0, 0.05) is 35.6 Å². The highest BCUT2D eigenvalue weighted by Crippen LogP contribution is 2.29. The van der Waals surface area contributed by atoms with Gasteiger partial charge in [-0.25, -0.2) is 0 Å². The van der Waals surface area contributed by atoms with Gasteiger partial charge in [-0.2, -0.15) is 0 Å². The van der Waals surface area contributed by atoms with Crippen LogP contribution in [0, 0.1) is 0 Å². The fraction of sp³-hybridized carbons (Fsp3) is 0.167. The van der Waals surface area contributed by atoms with E-state index in [0.29, 0.717) is 11.1 Å². The van der Waals surface area contributed by atoms with E-state index in [1.54, 1.807) is 30.7 Å². The third-order valence-electron chi connectivity index (χ3n) is 4.14. The van der Waals surface area contributed by atoms with E-state index in [1.807, 2.05) is 0 Å². The van der Waals surface area contributed by atoms with Crippen molar-refractivity contribution in [3.63, 3.8) is 0 Å². The number of hydrogen-bond acceptors (Lipinski definition) is 3. The summed E-state index contributed by atoms with van der Waals surface area (Å²) >= 11 is 12.6. The summed E-state index contributed by atoms with van der Waals surface area (Å²) in [5.74, 6) is -0.590. The molecule has 5 nitrogen and oxygen atoms in total. The molecule has 2 heterocycles. The average molecular weight is 374 g/mol. The highest BCUT2D eigenvalue weighted by Gasteiger charge is 2.25. The minimum Gasteiger partial charge on any atom is -0.349 e. The van der Waals surface area contributed by atoms with Crippen LogP contribution in [-0.2, 0) is 0 Å². The Labute approximate surface area is 153 Å². The lowest BCUT2D eigenvalue weighted by Gasteiger charge is -2.11. The number of benzene rings is 1. The second kappa shape index (κ2) is 6.17. The molecular weight excluding hydrogens is 361 g/mol. The van der Waals surface area contributed by atoms with Gasteiger partial charge in [0.05, 0.1) is 21.1 Å². The highest BCUT2D eigenvalue weighted by atomic mass is 35.5. The van der Waals surface area contributed by atoms with Crippen molar-refractivity contribution in [1.82, 2.24) is 14.9 Å². The van der Waals surface area contributed by atoms with Crippen molar-refractivity contribution < 1.29 is 9.59 Å². The lowest BCUT2D eigenvalue weighted by molar-refractivity contribution is 0.0944. The van der Waals surface area contributed by atoms with E-state index in [0.717, 1.165) is 18.2 Å². The Bertz CT molecular complexity index is 985. The number of carbonyl (C=O) groups excluding carboxylic acids is 2. The number of nitrogens with one attached hydrogen (secondary N) is 1. The standard InChI is InChI=1S/C18H13Cl2N3O2/c19-13-7-11(17(24)22-12-1-2-12)8-14(20)16(13)18(25)23-6-4-10-9-21-5-3-15(10)23/h3-9,12H,1-2H2,(H,22,24). The molecule has 1 fully saturated rings. The van der Waals surface area contributed by atoms with Crippen LogP contribution in [0.3, 0.4) is 0 Å². The average Bonchev–Trinajstić information content (AvgIpc) is 3.29. The van der Waals surface area contributed by atoms with Crippen LogP contribution in [0.25, 0.3) is 10.9 Å². The summed E-state index contributed by atoms with van der Waals surface area (Å²) in [6.45, 7) is 0. The Morgan fingerprint density at radius 1 is 1.16 bits per heavy atom. The van der Waals surface area contributed by atoms with Crippen LogP contribution < -0.4 is 5.32 Å². The Hall–Kier alpha value is -2.37. The van der Waals surface area contributed by atoms with Crippen LogP contribution in [0.4, 0.5) is 0 Å². The molecule has 1 aliphatic carbocycles. The van der Waals surface area contributed by atoms with Crippen molar-refractivity contribution >= 4 is 45.9 Å². The van der Waals surface area contributed by atoms with Gasteiger partial charge in [-0.1, -0.05) is 23.2 Å². The summed E-state index contributed by atoms with van der Waals surface area (Å²) in [6, 6.07) is 6.72. The van der Waals surface area contributed by atoms with Crippen LogP contribution in [0.1, 0.15) is 33.6 Å². The summed E-state index contributed by atoms with van der Waals surface area (Å²) in [6.07, 6.45) is 6.90. The first-order chi connectivity index (χ1) is 12.0. The Kier molecular flexibility index (Phi) is 3.98. The maximum absolute atomic E-state index is 12.9. The van der Waals surface area contributed by atoms with Gasteiger partial charge in [0.2, 0.25) is 0 Å². The molecule has 4 rings (SSSR count). The number of halogens is 2. The minimum atomic E-state index is -0.356. The molecule has 3 aromatic rings. The minimum absolute atomic E-state index is 0.148. The van der Waals surface area contributed by atoms with E-state index in [-0.39, 0.29) is 33.5 Å². The van der Waals surface area contributed by atoms with E-state index in [1.165, 1.54) is 16.7 Å². The van der Waals surface area contributed by atoms with E-state index in [9.17, 15) is 9.59 Å². The maximum Gasteiger partial charge on any atom is 0.265 e. The molecule has 7 heteroatoms. The number of amides is 1. The van der Waals surface area contributed by atoms with Gasteiger partial charge in [-0.15, -0.1) is 0 Å². The van der Waals surface area contributed by atoms with Gasteiger partial charge in [0.25, 0.3) is 11.8 Å². The van der Waals surface area contributed by atoms with Gasteiger partial charge < -0.3 is 5.32 Å². The molecule has 0 saturated heterocycles. The Balaban J connectivity index is 1.72. The van der Waals surface area contributed by atoms with E-state index in [4.69, 9.17) is 23.2 Å². The smallest absolute Gasteiger partial charge is 0.265 e. The number of fused-ring (bicyclic) bond motifs is 1. The van der Waals surface area contributed by atoms with Crippen molar-refractivity contribution in [3.05, 3.63) is 64.0 Å².